The molecule has 220 valence electrons. The number of ether oxygens (including phenoxy) is 2. The first-order chi connectivity index (χ1) is 21.0. The highest BCUT2D eigenvalue weighted by Gasteiger charge is 2.42. The summed E-state index contributed by atoms with van der Waals surface area (Å²) in [6.45, 7) is 2.59. The Hall–Kier alpha value is -4.64. The molecular weight excluding hydrogens is 566 g/mol. The highest BCUT2D eigenvalue weighted by Crippen LogP contribution is 2.38. The molecule has 6 rings (SSSR count). The molecule has 10 nitrogen and oxygen atoms in total. The summed E-state index contributed by atoms with van der Waals surface area (Å²) in [5.74, 6) is 1.06. The third-order valence-corrected chi connectivity index (χ3v) is 8.71. The molecule has 0 saturated carbocycles. The van der Waals surface area contributed by atoms with Crippen molar-refractivity contribution in [1.82, 2.24) is 10.2 Å². The van der Waals surface area contributed by atoms with Crippen LogP contribution in [-0.4, -0.2) is 58.3 Å². The number of benzene rings is 3. The van der Waals surface area contributed by atoms with E-state index in [0.29, 0.717) is 46.8 Å². The normalized spacial score (nSPS) is 17.0. The molecule has 3 aromatic carbocycles. The van der Waals surface area contributed by atoms with Crippen molar-refractivity contribution < 1.29 is 23.9 Å². The average molecular weight is 598 g/mol. The van der Waals surface area contributed by atoms with Crippen molar-refractivity contribution in [2.45, 2.75) is 43.9 Å². The number of thioether (sulfide) groups is 1. The van der Waals surface area contributed by atoms with Gasteiger partial charge >= 0.3 is 0 Å². The number of hydrogen-bond donors (Lipinski definition) is 2. The molecule has 0 radical (unpaired) electrons. The van der Waals surface area contributed by atoms with E-state index in [0.717, 1.165) is 17.5 Å². The van der Waals surface area contributed by atoms with Gasteiger partial charge in [-0.05, 0) is 49.1 Å². The van der Waals surface area contributed by atoms with Gasteiger partial charge in [-0.25, -0.2) is 4.99 Å². The van der Waals surface area contributed by atoms with Crippen LogP contribution in [0.1, 0.15) is 37.3 Å². The topological polar surface area (TPSA) is 122 Å². The molecule has 2 atom stereocenters. The average Bonchev–Trinajstić information content (AvgIpc) is 3.63. The maximum absolute atomic E-state index is 13.4. The fraction of sp³-hybridized carbons (Fsp3) is 0.281. The van der Waals surface area contributed by atoms with Crippen molar-refractivity contribution in [2.75, 3.05) is 18.7 Å². The highest BCUT2D eigenvalue weighted by atomic mass is 32.2. The summed E-state index contributed by atoms with van der Waals surface area (Å²) in [5.41, 5.74) is 3.16. The highest BCUT2D eigenvalue weighted by molar-refractivity contribution is 8.15. The summed E-state index contributed by atoms with van der Waals surface area (Å²) in [5, 5.41) is 5.91. The first-order valence-corrected chi connectivity index (χ1v) is 15.2. The number of amidine groups is 2. The molecule has 43 heavy (non-hydrogen) atoms. The monoisotopic (exact) mass is 597 g/mol. The van der Waals surface area contributed by atoms with Gasteiger partial charge in [0, 0.05) is 30.3 Å². The Morgan fingerprint density at radius 1 is 1.02 bits per heavy atom. The van der Waals surface area contributed by atoms with Gasteiger partial charge in [0.05, 0.1) is 10.9 Å². The van der Waals surface area contributed by atoms with E-state index >= 15 is 0 Å². The molecule has 0 bridgehead atoms. The van der Waals surface area contributed by atoms with Crippen LogP contribution in [0.15, 0.2) is 82.8 Å². The lowest BCUT2D eigenvalue weighted by Crippen LogP contribution is -2.45. The third kappa shape index (κ3) is 6.26. The standard InChI is InChI=1S/C32H31N5O5S/c1-2-27(31(40)34-21-12-14-25-26(18-21)42-19-41-25)43-32-35-23-11-7-6-10-22(23)29-36-30(39)24(37(29)32)13-15-28(38)33-17-16-20-8-4-3-5-9-20/h3-12,14,18,24,27H,2,13,15-17,19H2,1H3,(H,33,38)(H,34,40). The lowest BCUT2D eigenvalue weighted by molar-refractivity contribution is -0.122. The smallest absolute Gasteiger partial charge is 0.270 e. The Morgan fingerprint density at radius 2 is 1.81 bits per heavy atom. The molecule has 3 heterocycles. The zero-order valence-corrected chi connectivity index (χ0v) is 24.4. The number of carbonyl (C=O) groups excluding carboxylic acids is 3. The van der Waals surface area contributed by atoms with Crippen LogP contribution in [0.2, 0.25) is 0 Å². The quantitative estimate of drug-likeness (QED) is 0.349. The van der Waals surface area contributed by atoms with Gasteiger partial charge in [0.25, 0.3) is 5.91 Å². The number of carbonyl (C=O) groups is 3. The van der Waals surface area contributed by atoms with Gasteiger partial charge in [-0.2, -0.15) is 4.99 Å². The van der Waals surface area contributed by atoms with Crippen LogP contribution in [0.25, 0.3) is 0 Å². The molecule has 11 heteroatoms. The first kappa shape index (κ1) is 28.5. The van der Waals surface area contributed by atoms with E-state index in [9.17, 15) is 14.4 Å². The molecule has 2 unspecified atom stereocenters. The fourth-order valence-corrected chi connectivity index (χ4v) is 6.22. The van der Waals surface area contributed by atoms with E-state index in [2.05, 4.69) is 15.6 Å². The van der Waals surface area contributed by atoms with Gasteiger partial charge in [-0.3, -0.25) is 19.3 Å². The molecule has 0 saturated heterocycles. The van der Waals surface area contributed by atoms with Crippen LogP contribution < -0.4 is 20.1 Å². The van der Waals surface area contributed by atoms with E-state index in [4.69, 9.17) is 14.5 Å². The number of rotatable bonds is 10. The molecule has 2 N–H and O–H groups in total. The van der Waals surface area contributed by atoms with Gasteiger partial charge < -0.3 is 20.1 Å². The maximum Gasteiger partial charge on any atom is 0.270 e. The molecule has 0 aromatic heterocycles. The van der Waals surface area contributed by atoms with Crippen LogP contribution in [-0.2, 0) is 20.8 Å². The number of fused-ring (bicyclic) bond motifs is 4. The van der Waals surface area contributed by atoms with Crippen LogP contribution in [0, 0.1) is 0 Å². The van der Waals surface area contributed by atoms with E-state index < -0.39 is 11.3 Å². The Bertz CT molecular complexity index is 1610. The molecule has 3 amide bonds. The molecule has 3 aromatic rings. The van der Waals surface area contributed by atoms with Crippen LogP contribution in [0.4, 0.5) is 11.4 Å². The van der Waals surface area contributed by atoms with Crippen LogP contribution in [0.3, 0.4) is 0 Å². The second-order valence-corrected chi connectivity index (χ2v) is 11.4. The van der Waals surface area contributed by atoms with E-state index in [1.54, 1.807) is 23.1 Å². The Kier molecular flexibility index (Phi) is 8.41. The zero-order chi connectivity index (χ0) is 29.8. The van der Waals surface area contributed by atoms with Crippen LogP contribution in [0.5, 0.6) is 11.5 Å². The van der Waals surface area contributed by atoms with Crippen molar-refractivity contribution in [2.24, 2.45) is 9.98 Å². The summed E-state index contributed by atoms with van der Waals surface area (Å²) in [4.78, 5) is 50.4. The zero-order valence-electron chi connectivity index (χ0n) is 23.6. The molecule has 3 aliphatic rings. The number of hydrogen-bond acceptors (Lipinski definition) is 8. The van der Waals surface area contributed by atoms with E-state index in [1.807, 2.05) is 61.5 Å². The summed E-state index contributed by atoms with van der Waals surface area (Å²) in [6, 6.07) is 22.0. The minimum atomic E-state index is -0.691. The van der Waals surface area contributed by atoms with E-state index in [1.165, 1.54) is 11.8 Å². The summed E-state index contributed by atoms with van der Waals surface area (Å²) in [7, 11) is 0. The molecule has 3 aliphatic heterocycles. The molecule has 0 fully saturated rings. The van der Waals surface area contributed by atoms with Gasteiger partial charge in [0.1, 0.15) is 11.9 Å². The minimum Gasteiger partial charge on any atom is -0.454 e. The molecular formula is C32H31N5O5S. The number of anilines is 1. The number of nitrogens with zero attached hydrogens (tertiary/aromatic N) is 3. The lowest BCUT2D eigenvalue weighted by Gasteiger charge is -2.32. The second kappa shape index (κ2) is 12.7. The van der Waals surface area contributed by atoms with Gasteiger partial charge in [0.15, 0.2) is 16.7 Å². The third-order valence-electron chi connectivity index (χ3n) is 7.38. The number of nitrogens with one attached hydrogen (secondary N) is 2. The molecule has 0 spiro atoms. The Labute approximate surface area is 253 Å². The van der Waals surface area contributed by atoms with Crippen molar-refractivity contribution >= 4 is 51.9 Å². The van der Waals surface area contributed by atoms with E-state index in [-0.39, 0.29) is 37.4 Å². The predicted molar refractivity (Wildman–Crippen MR) is 166 cm³/mol. The summed E-state index contributed by atoms with van der Waals surface area (Å²) < 4.78 is 10.8. The van der Waals surface area contributed by atoms with Crippen molar-refractivity contribution in [3.8, 4) is 11.5 Å². The number of amides is 3. The van der Waals surface area contributed by atoms with Gasteiger partial charge in [-0.1, -0.05) is 61.2 Å². The van der Waals surface area contributed by atoms with Gasteiger partial charge in [0.2, 0.25) is 18.6 Å². The fourth-order valence-electron chi connectivity index (χ4n) is 5.15. The SMILES string of the molecule is CCC(SC1=Nc2ccccc2C2=NC(=O)C(CCC(=O)NCCc3ccccc3)N12)C(=O)Nc1ccc2c(c1)OCO2. The Morgan fingerprint density at radius 3 is 2.65 bits per heavy atom. The van der Waals surface area contributed by atoms with Crippen molar-refractivity contribution in [1.29, 1.82) is 0 Å². The minimum absolute atomic E-state index is 0.129. The summed E-state index contributed by atoms with van der Waals surface area (Å²) >= 11 is 1.28. The van der Waals surface area contributed by atoms with Crippen LogP contribution >= 0.6 is 11.8 Å². The number of aliphatic imine (C=N–C) groups is 2. The molecule has 0 aliphatic carbocycles. The Balaban J connectivity index is 1.15. The lowest BCUT2D eigenvalue weighted by atomic mass is 10.1. The largest absolute Gasteiger partial charge is 0.454 e. The predicted octanol–water partition coefficient (Wildman–Crippen LogP) is 4.66. The number of para-hydroxylation sites is 1. The van der Waals surface area contributed by atoms with Gasteiger partial charge in [-0.15, -0.1) is 0 Å². The maximum atomic E-state index is 13.4. The van der Waals surface area contributed by atoms with Crippen molar-refractivity contribution in [3.05, 3.63) is 83.9 Å². The first-order valence-electron chi connectivity index (χ1n) is 14.3. The van der Waals surface area contributed by atoms with Crippen molar-refractivity contribution in [3.63, 3.8) is 0 Å². The summed E-state index contributed by atoms with van der Waals surface area (Å²) in [6.07, 6.45) is 1.67. The second-order valence-electron chi connectivity index (χ2n) is 10.3.